The maximum absolute atomic E-state index is 12.3. The minimum Gasteiger partial charge on any atom is -0.497 e. The molecule has 0 spiro atoms. The van der Waals surface area contributed by atoms with E-state index >= 15 is 0 Å². The highest BCUT2D eigenvalue weighted by molar-refractivity contribution is 7.21. The van der Waals surface area contributed by atoms with E-state index in [0.717, 1.165) is 15.8 Å². The Labute approximate surface area is 149 Å². The molecule has 4 nitrogen and oxygen atoms in total. The van der Waals surface area contributed by atoms with E-state index in [0.29, 0.717) is 28.8 Å². The SMILES string of the molecule is COc1cccc(OCCNC(=O)c2sc3ccccc3c2Cl)c1. The Balaban J connectivity index is 1.56. The van der Waals surface area contributed by atoms with Crippen LogP contribution in [-0.2, 0) is 0 Å². The molecule has 0 bridgehead atoms. The van der Waals surface area contributed by atoms with Gasteiger partial charge in [-0.05, 0) is 18.2 Å². The number of amides is 1. The van der Waals surface area contributed by atoms with Gasteiger partial charge in [0.1, 0.15) is 23.0 Å². The largest absolute Gasteiger partial charge is 0.497 e. The lowest BCUT2D eigenvalue weighted by molar-refractivity contribution is 0.0951. The standard InChI is InChI=1S/C18H16ClNO3S/c1-22-12-5-4-6-13(11-12)23-10-9-20-18(21)17-16(19)14-7-2-3-8-15(14)24-17/h2-8,11H,9-10H2,1H3,(H,20,21). The number of hydrogen-bond donors (Lipinski definition) is 1. The molecular formula is C18H16ClNO3S. The molecule has 3 rings (SSSR count). The van der Waals surface area contributed by atoms with Crippen molar-refractivity contribution in [2.75, 3.05) is 20.3 Å². The topological polar surface area (TPSA) is 47.6 Å². The summed E-state index contributed by atoms with van der Waals surface area (Å²) in [4.78, 5) is 12.8. The lowest BCUT2D eigenvalue weighted by Crippen LogP contribution is -2.27. The highest BCUT2D eigenvalue weighted by Crippen LogP contribution is 2.34. The van der Waals surface area contributed by atoms with Crippen LogP contribution in [0.25, 0.3) is 10.1 Å². The molecule has 124 valence electrons. The molecule has 0 radical (unpaired) electrons. The van der Waals surface area contributed by atoms with Gasteiger partial charge in [0.15, 0.2) is 0 Å². The number of thiophene rings is 1. The van der Waals surface area contributed by atoms with Crippen molar-refractivity contribution < 1.29 is 14.3 Å². The van der Waals surface area contributed by atoms with Crippen molar-refractivity contribution in [3.63, 3.8) is 0 Å². The number of halogens is 1. The first-order valence-corrected chi connectivity index (χ1v) is 8.60. The minimum absolute atomic E-state index is 0.185. The zero-order valence-corrected chi connectivity index (χ0v) is 14.6. The van der Waals surface area contributed by atoms with Crippen LogP contribution in [0.4, 0.5) is 0 Å². The van der Waals surface area contributed by atoms with Crippen molar-refractivity contribution in [3.05, 3.63) is 58.4 Å². The smallest absolute Gasteiger partial charge is 0.263 e. The first-order valence-electron chi connectivity index (χ1n) is 7.41. The van der Waals surface area contributed by atoms with E-state index in [4.69, 9.17) is 21.1 Å². The van der Waals surface area contributed by atoms with Gasteiger partial charge in [-0.1, -0.05) is 35.9 Å². The number of benzene rings is 2. The van der Waals surface area contributed by atoms with Crippen LogP contribution in [0.3, 0.4) is 0 Å². The maximum atomic E-state index is 12.3. The van der Waals surface area contributed by atoms with Crippen molar-refractivity contribution in [3.8, 4) is 11.5 Å². The molecule has 2 aromatic carbocycles. The van der Waals surface area contributed by atoms with E-state index in [1.165, 1.54) is 11.3 Å². The number of carbonyl (C=O) groups is 1. The van der Waals surface area contributed by atoms with Gasteiger partial charge in [0.05, 0.1) is 18.7 Å². The molecule has 1 amide bonds. The van der Waals surface area contributed by atoms with E-state index in [1.54, 1.807) is 13.2 Å². The van der Waals surface area contributed by atoms with Crippen molar-refractivity contribution in [1.82, 2.24) is 5.32 Å². The van der Waals surface area contributed by atoms with Crippen molar-refractivity contribution in [2.45, 2.75) is 0 Å². The molecule has 0 aliphatic carbocycles. The summed E-state index contributed by atoms with van der Waals surface area (Å²) in [5, 5.41) is 4.24. The third-order valence-electron chi connectivity index (χ3n) is 3.44. The predicted octanol–water partition coefficient (Wildman–Crippen LogP) is 4.37. The van der Waals surface area contributed by atoms with Gasteiger partial charge in [-0.2, -0.15) is 0 Å². The summed E-state index contributed by atoms with van der Waals surface area (Å²) in [6, 6.07) is 15.0. The van der Waals surface area contributed by atoms with Crippen LogP contribution in [0.2, 0.25) is 5.02 Å². The molecule has 24 heavy (non-hydrogen) atoms. The van der Waals surface area contributed by atoms with Crippen LogP contribution in [0.1, 0.15) is 9.67 Å². The van der Waals surface area contributed by atoms with Crippen molar-refractivity contribution in [1.29, 1.82) is 0 Å². The molecule has 1 N–H and O–H groups in total. The second kappa shape index (κ2) is 7.55. The lowest BCUT2D eigenvalue weighted by Gasteiger charge is -2.08. The third-order valence-corrected chi connectivity index (χ3v) is 5.11. The third kappa shape index (κ3) is 3.63. The Morgan fingerprint density at radius 1 is 1.17 bits per heavy atom. The van der Waals surface area contributed by atoms with E-state index in [9.17, 15) is 4.79 Å². The van der Waals surface area contributed by atoms with Crippen molar-refractivity contribution >= 4 is 38.9 Å². The maximum Gasteiger partial charge on any atom is 0.263 e. The summed E-state index contributed by atoms with van der Waals surface area (Å²) in [6.45, 7) is 0.752. The normalized spacial score (nSPS) is 10.6. The average Bonchev–Trinajstić information content (AvgIpc) is 2.96. The van der Waals surface area contributed by atoms with Crippen LogP contribution in [0.15, 0.2) is 48.5 Å². The Morgan fingerprint density at radius 2 is 1.96 bits per heavy atom. The van der Waals surface area contributed by atoms with Gasteiger partial charge < -0.3 is 14.8 Å². The molecule has 0 fully saturated rings. The van der Waals surface area contributed by atoms with Gasteiger partial charge in [-0.3, -0.25) is 4.79 Å². The van der Waals surface area contributed by atoms with E-state index in [-0.39, 0.29) is 5.91 Å². The molecule has 0 saturated carbocycles. The molecule has 0 atom stereocenters. The molecule has 0 saturated heterocycles. The first kappa shape index (κ1) is 16.6. The summed E-state index contributed by atoms with van der Waals surface area (Å²) in [5.41, 5.74) is 0. The zero-order chi connectivity index (χ0) is 16.9. The van der Waals surface area contributed by atoms with Gasteiger partial charge in [0.25, 0.3) is 5.91 Å². The zero-order valence-electron chi connectivity index (χ0n) is 13.0. The average molecular weight is 362 g/mol. The summed E-state index contributed by atoms with van der Waals surface area (Å²) < 4.78 is 11.7. The first-order chi connectivity index (χ1) is 11.7. The number of ether oxygens (including phenoxy) is 2. The van der Waals surface area contributed by atoms with Crippen LogP contribution >= 0.6 is 22.9 Å². The second-order valence-corrected chi connectivity index (χ2v) is 6.45. The summed E-state index contributed by atoms with van der Waals surface area (Å²) in [5.74, 6) is 1.24. The number of hydrogen-bond acceptors (Lipinski definition) is 4. The number of carbonyl (C=O) groups excluding carboxylic acids is 1. The molecule has 0 unspecified atom stereocenters. The fourth-order valence-corrected chi connectivity index (χ4v) is 3.70. The number of nitrogens with one attached hydrogen (secondary N) is 1. The molecule has 1 aromatic heterocycles. The van der Waals surface area contributed by atoms with Crippen LogP contribution < -0.4 is 14.8 Å². The van der Waals surface area contributed by atoms with Gasteiger partial charge in [0.2, 0.25) is 0 Å². The Hall–Kier alpha value is -2.24. The summed E-state index contributed by atoms with van der Waals surface area (Å²) in [6.07, 6.45) is 0. The second-order valence-electron chi connectivity index (χ2n) is 5.02. The highest BCUT2D eigenvalue weighted by atomic mass is 35.5. The predicted molar refractivity (Wildman–Crippen MR) is 97.7 cm³/mol. The van der Waals surface area contributed by atoms with Gasteiger partial charge >= 0.3 is 0 Å². The fourth-order valence-electron chi connectivity index (χ4n) is 2.26. The Morgan fingerprint density at radius 3 is 2.75 bits per heavy atom. The van der Waals surface area contributed by atoms with E-state index < -0.39 is 0 Å². The Kier molecular flexibility index (Phi) is 5.23. The summed E-state index contributed by atoms with van der Waals surface area (Å²) >= 11 is 7.69. The number of rotatable bonds is 6. The number of fused-ring (bicyclic) bond motifs is 1. The van der Waals surface area contributed by atoms with E-state index in [2.05, 4.69) is 5.32 Å². The molecule has 0 aliphatic heterocycles. The monoisotopic (exact) mass is 361 g/mol. The van der Waals surface area contributed by atoms with Gasteiger partial charge in [-0.25, -0.2) is 0 Å². The van der Waals surface area contributed by atoms with Crippen LogP contribution in [0, 0.1) is 0 Å². The van der Waals surface area contributed by atoms with E-state index in [1.807, 2.05) is 42.5 Å². The quantitative estimate of drug-likeness (QED) is 0.663. The van der Waals surface area contributed by atoms with Gasteiger partial charge in [-0.15, -0.1) is 11.3 Å². The molecule has 0 aliphatic rings. The molecule has 1 heterocycles. The summed E-state index contributed by atoms with van der Waals surface area (Å²) in [7, 11) is 1.61. The fraction of sp³-hybridized carbons (Fsp3) is 0.167. The molecular weight excluding hydrogens is 346 g/mol. The van der Waals surface area contributed by atoms with Crippen LogP contribution in [-0.4, -0.2) is 26.2 Å². The Bertz CT molecular complexity index is 862. The highest BCUT2D eigenvalue weighted by Gasteiger charge is 2.16. The van der Waals surface area contributed by atoms with Crippen LogP contribution in [0.5, 0.6) is 11.5 Å². The lowest BCUT2D eigenvalue weighted by atomic mass is 10.2. The minimum atomic E-state index is -0.185. The van der Waals surface area contributed by atoms with Crippen molar-refractivity contribution in [2.24, 2.45) is 0 Å². The van der Waals surface area contributed by atoms with Gasteiger partial charge in [0, 0.05) is 16.2 Å². The molecule has 6 heteroatoms. The molecule has 3 aromatic rings. The number of methoxy groups -OCH3 is 1.